The molecule has 1 aliphatic heterocycles. The van der Waals surface area contributed by atoms with Crippen LogP contribution >= 0.6 is 15.9 Å². The summed E-state index contributed by atoms with van der Waals surface area (Å²) in [5, 5.41) is 9.42. The minimum absolute atomic E-state index is 0.0155. The van der Waals surface area contributed by atoms with Crippen molar-refractivity contribution >= 4 is 21.8 Å². The molecule has 1 saturated heterocycles. The smallest absolute Gasteiger partial charge is 0.254 e. The summed E-state index contributed by atoms with van der Waals surface area (Å²) in [7, 11) is 3.13. The van der Waals surface area contributed by atoms with Gasteiger partial charge < -0.3 is 19.5 Å². The van der Waals surface area contributed by atoms with Crippen molar-refractivity contribution in [2.24, 2.45) is 0 Å². The third-order valence-corrected chi connectivity index (χ3v) is 5.62. The Hall–Kier alpha value is -2.21. The number of phenols is 1. The van der Waals surface area contributed by atoms with Gasteiger partial charge in [0.2, 0.25) is 0 Å². The highest BCUT2D eigenvalue weighted by molar-refractivity contribution is 9.10. The number of amides is 1. The Bertz CT molecular complexity index is 758. The van der Waals surface area contributed by atoms with E-state index in [1.54, 1.807) is 38.5 Å². The van der Waals surface area contributed by atoms with E-state index in [1.807, 2.05) is 17.0 Å². The topological polar surface area (TPSA) is 59.0 Å². The number of rotatable bonds is 4. The van der Waals surface area contributed by atoms with E-state index in [-0.39, 0.29) is 11.7 Å². The lowest BCUT2D eigenvalue weighted by molar-refractivity contribution is 0.0712. The number of carbonyl (C=O) groups is 1. The van der Waals surface area contributed by atoms with Crippen molar-refractivity contribution in [2.75, 3.05) is 27.3 Å². The normalized spacial score (nSPS) is 15.0. The first kappa shape index (κ1) is 18.6. The fourth-order valence-electron chi connectivity index (χ4n) is 3.34. The number of likely N-dealkylation sites (tertiary alicyclic amines) is 1. The molecule has 5 nitrogen and oxygen atoms in total. The van der Waals surface area contributed by atoms with Gasteiger partial charge in [-0.15, -0.1) is 0 Å². The molecule has 1 aliphatic rings. The SMILES string of the molecule is COc1cc(C(=O)N2CCC(c3ccc(O)cc3)CC2)cc(OC)c1Br. The summed E-state index contributed by atoms with van der Waals surface area (Å²) in [5.41, 5.74) is 1.77. The van der Waals surface area contributed by atoms with E-state index in [0.29, 0.717) is 40.5 Å². The second-order valence-corrected chi connectivity index (χ2v) is 7.15. The molecule has 1 amide bonds. The molecule has 2 aromatic rings. The van der Waals surface area contributed by atoms with Crippen LogP contribution in [0.5, 0.6) is 17.2 Å². The maximum absolute atomic E-state index is 12.9. The summed E-state index contributed by atoms with van der Waals surface area (Å²) in [5.74, 6) is 1.82. The summed E-state index contributed by atoms with van der Waals surface area (Å²) in [6.45, 7) is 1.40. The van der Waals surface area contributed by atoms with Crippen LogP contribution < -0.4 is 9.47 Å². The van der Waals surface area contributed by atoms with Gasteiger partial charge in [0, 0.05) is 18.7 Å². The van der Waals surface area contributed by atoms with Crippen molar-refractivity contribution in [3.63, 3.8) is 0 Å². The van der Waals surface area contributed by atoms with Crippen LogP contribution in [0.25, 0.3) is 0 Å². The van der Waals surface area contributed by atoms with Gasteiger partial charge in [0.15, 0.2) is 0 Å². The van der Waals surface area contributed by atoms with Gasteiger partial charge in [0.05, 0.1) is 14.2 Å². The molecule has 0 saturated carbocycles. The Kier molecular flexibility index (Phi) is 5.71. The van der Waals surface area contributed by atoms with Crippen LogP contribution in [0.3, 0.4) is 0 Å². The molecule has 0 unspecified atom stereocenters. The van der Waals surface area contributed by atoms with E-state index < -0.39 is 0 Å². The van der Waals surface area contributed by atoms with Crippen molar-refractivity contribution in [3.05, 3.63) is 52.0 Å². The van der Waals surface area contributed by atoms with Crippen molar-refractivity contribution in [2.45, 2.75) is 18.8 Å². The molecule has 138 valence electrons. The summed E-state index contributed by atoms with van der Waals surface area (Å²) < 4.78 is 11.4. The molecule has 1 N–H and O–H groups in total. The van der Waals surface area contributed by atoms with Crippen molar-refractivity contribution in [1.82, 2.24) is 4.90 Å². The van der Waals surface area contributed by atoms with Crippen LogP contribution in [-0.2, 0) is 0 Å². The lowest BCUT2D eigenvalue weighted by atomic mass is 9.89. The zero-order valence-corrected chi connectivity index (χ0v) is 16.5. The van der Waals surface area contributed by atoms with Gasteiger partial charge in [-0.1, -0.05) is 12.1 Å². The molecule has 6 heteroatoms. The molecule has 0 spiro atoms. The van der Waals surface area contributed by atoms with Crippen molar-refractivity contribution < 1.29 is 19.4 Å². The number of nitrogens with zero attached hydrogens (tertiary/aromatic N) is 1. The maximum Gasteiger partial charge on any atom is 0.254 e. The Labute approximate surface area is 161 Å². The molecule has 0 atom stereocenters. The Morgan fingerprint density at radius 2 is 1.62 bits per heavy atom. The van der Waals surface area contributed by atoms with Crippen molar-refractivity contribution in [1.29, 1.82) is 0 Å². The highest BCUT2D eigenvalue weighted by Gasteiger charge is 2.26. The molecule has 26 heavy (non-hydrogen) atoms. The number of piperidine rings is 1. The third kappa shape index (κ3) is 3.80. The number of aromatic hydroxyl groups is 1. The second kappa shape index (κ2) is 7.99. The summed E-state index contributed by atoms with van der Waals surface area (Å²) in [6, 6.07) is 10.8. The lowest BCUT2D eigenvalue weighted by Crippen LogP contribution is -2.37. The first-order chi connectivity index (χ1) is 12.5. The number of carbonyl (C=O) groups excluding carboxylic acids is 1. The highest BCUT2D eigenvalue weighted by atomic mass is 79.9. The van der Waals surface area contributed by atoms with Crippen LogP contribution in [0.4, 0.5) is 0 Å². The van der Waals surface area contributed by atoms with E-state index in [1.165, 1.54) is 5.56 Å². The number of hydrogen-bond acceptors (Lipinski definition) is 4. The zero-order valence-electron chi connectivity index (χ0n) is 14.9. The van der Waals surface area contributed by atoms with E-state index in [0.717, 1.165) is 12.8 Å². The molecule has 3 rings (SSSR count). The molecule has 0 radical (unpaired) electrons. The van der Waals surface area contributed by atoms with E-state index in [9.17, 15) is 9.90 Å². The van der Waals surface area contributed by atoms with Gasteiger partial charge in [0.1, 0.15) is 21.7 Å². The molecule has 0 bridgehead atoms. The standard InChI is InChI=1S/C20H22BrNO4/c1-25-17-11-15(12-18(26-2)19(17)21)20(24)22-9-7-14(8-10-22)13-3-5-16(23)6-4-13/h3-6,11-12,14,23H,7-10H2,1-2H3. The highest BCUT2D eigenvalue weighted by Crippen LogP contribution is 2.36. The Balaban J connectivity index is 1.71. The van der Waals surface area contributed by atoms with Crippen molar-refractivity contribution in [3.8, 4) is 17.2 Å². The number of ether oxygens (including phenoxy) is 2. The molecule has 1 fully saturated rings. The first-order valence-electron chi connectivity index (χ1n) is 8.53. The number of phenolic OH excluding ortho intramolecular Hbond substituents is 1. The van der Waals surface area contributed by atoms with Gasteiger partial charge in [0.25, 0.3) is 5.91 Å². The van der Waals surface area contributed by atoms with Gasteiger partial charge >= 0.3 is 0 Å². The van der Waals surface area contributed by atoms with Gasteiger partial charge in [-0.3, -0.25) is 4.79 Å². The predicted octanol–water partition coefficient (Wildman–Crippen LogP) is 4.19. The first-order valence-corrected chi connectivity index (χ1v) is 9.32. The zero-order chi connectivity index (χ0) is 18.7. The molecular formula is C20H22BrNO4. The van der Waals surface area contributed by atoms with E-state index in [4.69, 9.17) is 9.47 Å². The molecule has 1 heterocycles. The van der Waals surface area contributed by atoms with E-state index in [2.05, 4.69) is 15.9 Å². The fraction of sp³-hybridized carbons (Fsp3) is 0.350. The summed E-state index contributed by atoms with van der Waals surface area (Å²) in [6.07, 6.45) is 1.81. The lowest BCUT2D eigenvalue weighted by Gasteiger charge is -2.32. The van der Waals surface area contributed by atoms with Crippen LogP contribution in [0, 0.1) is 0 Å². The minimum Gasteiger partial charge on any atom is -0.508 e. The summed E-state index contributed by atoms with van der Waals surface area (Å²) >= 11 is 3.43. The maximum atomic E-state index is 12.9. The second-order valence-electron chi connectivity index (χ2n) is 6.35. The average Bonchev–Trinajstić information content (AvgIpc) is 2.68. The summed E-state index contributed by atoms with van der Waals surface area (Å²) in [4.78, 5) is 14.8. The number of halogens is 1. The Morgan fingerprint density at radius 1 is 1.08 bits per heavy atom. The molecular weight excluding hydrogens is 398 g/mol. The van der Waals surface area contributed by atoms with Gasteiger partial charge in [-0.2, -0.15) is 0 Å². The molecule has 0 aromatic heterocycles. The Morgan fingerprint density at radius 3 is 2.12 bits per heavy atom. The molecule has 0 aliphatic carbocycles. The minimum atomic E-state index is -0.0155. The van der Waals surface area contributed by atoms with Crippen LogP contribution in [0.1, 0.15) is 34.7 Å². The van der Waals surface area contributed by atoms with Crippen LogP contribution in [0.2, 0.25) is 0 Å². The third-order valence-electron chi connectivity index (χ3n) is 4.84. The quantitative estimate of drug-likeness (QED) is 0.806. The van der Waals surface area contributed by atoms with Crippen LogP contribution in [-0.4, -0.2) is 43.2 Å². The number of hydrogen-bond donors (Lipinski definition) is 1. The van der Waals surface area contributed by atoms with Gasteiger partial charge in [-0.25, -0.2) is 0 Å². The number of benzene rings is 2. The fourth-order valence-corrected chi connectivity index (χ4v) is 3.89. The largest absolute Gasteiger partial charge is 0.508 e. The van der Waals surface area contributed by atoms with E-state index >= 15 is 0 Å². The number of methoxy groups -OCH3 is 2. The van der Waals surface area contributed by atoms with Gasteiger partial charge in [-0.05, 0) is 64.5 Å². The molecule has 2 aromatic carbocycles. The monoisotopic (exact) mass is 419 g/mol. The van der Waals surface area contributed by atoms with Crippen LogP contribution in [0.15, 0.2) is 40.9 Å². The average molecular weight is 420 g/mol. The predicted molar refractivity (Wildman–Crippen MR) is 103 cm³/mol.